The monoisotopic (exact) mass is 418 g/mol. The number of fused-ring (bicyclic) bond motifs is 1. The van der Waals surface area contributed by atoms with Crippen LogP contribution in [-0.4, -0.2) is 19.7 Å². The summed E-state index contributed by atoms with van der Waals surface area (Å²) >= 11 is 1.60. The molecule has 0 aliphatic carbocycles. The summed E-state index contributed by atoms with van der Waals surface area (Å²) in [6.07, 6.45) is 2.05. The van der Waals surface area contributed by atoms with E-state index in [0.717, 1.165) is 44.4 Å². The first-order valence-electron chi connectivity index (χ1n) is 10.1. The van der Waals surface area contributed by atoms with Crippen LogP contribution in [0.2, 0.25) is 0 Å². The largest absolute Gasteiger partial charge is 0.360 e. The zero-order valence-electron chi connectivity index (χ0n) is 16.6. The third kappa shape index (κ3) is 3.16. The number of aromatic nitrogens is 4. The van der Waals surface area contributed by atoms with Gasteiger partial charge in [-0.05, 0) is 12.1 Å². The smallest absolute Gasteiger partial charge is 0.211 e. The third-order valence-electron chi connectivity index (χ3n) is 5.39. The summed E-state index contributed by atoms with van der Waals surface area (Å²) in [4.78, 5) is 8.30. The Kier molecular flexibility index (Phi) is 4.25. The first-order chi connectivity index (χ1) is 15.4. The number of aromatic amines is 1. The van der Waals surface area contributed by atoms with E-state index in [1.165, 1.54) is 5.39 Å². The summed E-state index contributed by atoms with van der Waals surface area (Å²) < 4.78 is 1.97. The number of hydrogen-bond acceptors (Lipinski definition) is 3. The molecule has 0 radical (unpaired) electrons. The van der Waals surface area contributed by atoms with Gasteiger partial charge in [0.15, 0.2) is 0 Å². The van der Waals surface area contributed by atoms with Crippen LogP contribution in [0, 0.1) is 0 Å². The van der Waals surface area contributed by atoms with Gasteiger partial charge in [-0.1, -0.05) is 78.9 Å². The summed E-state index contributed by atoms with van der Waals surface area (Å²) in [5.41, 5.74) is 7.32. The lowest BCUT2D eigenvalue weighted by molar-refractivity contribution is 0.882. The summed E-state index contributed by atoms with van der Waals surface area (Å²) in [6, 6.07) is 31.0. The number of nitrogens with zero attached hydrogens (tertiary/aromatic N) is 3. The van der Waals surface area contributed by atoms with Crippen molar-refractivity contribution in [2.75, 3.05) is 0 Å². The zero-order chi connectivity index (χ0) is 20.6. The predicted molar refractivity (Wildman–Crippen MR) is 127 cm³/mol. The Morgan fingerprint density at radius 2 is 1.42 bits per heavy atom. The summed E-state index contributed by atoms with van der Waals surface area (Å²) in [6.45, 7) is 0. The molecule has 3 heterocycles. The second-order valence-electron chi connectivity index (χ2n) is 7.32. The van der Waals surface area contributed by atoms with E-state index in [9.17, 15) is 0 Å². The van der Waals surface area contributed by atoms with Gasteiger partial charge in [0.25, 0.3) is 0 Å². The molecule has 3 aromatic carbocycles. The highest BCUT2D eigenvalue weighted by atomic mass is 32.1. The maximum absolute atomic E-state index is 4.97. The van der Waals surface area contributed by atoms with Gasteiger partial charge in [-0.25, -0.2) is 9.67 Å². The SMILES string of the molecule is c1ccc(-c2csc(-n3nc(-c4ccccc4)cc3-c3c[nH]c4ccccc34)n2)cc1. The average Bonchev–Trinajstić information content (AvgIpc) is 3.57. The Hall–Kier alpha value is -3.96. The van der Waals surface area contributed by atoms with Crippen molar-refractivity contribution in [1.29, 1.82) is 0 Å². The molecule has 0 spiro atoms. The second kappa shape index (κ2) is 7.38. The number of H-pyrrole nitrogens is 1. The van der Waals surface area contributed by atoms with Crippen LogP contribution in [0.5, 0.6) is 0 Å². The minimum atomic E-state index is 0.848. The molecule has 0 saturated carbocycles. The first kappa shape index (κ1) is 17.9. The van der Waals surface area contributed by atoms with E-state index in [1.54, 1.807) is 11.3 Å². The molecule has 148 valence electrons. The van der Waals surface area contributed by atoms with Crippen molar-refractivity contribution >= 4 is 22.2 Å². The van der Waals surface area contributed by atoms with E-state index in [4.69, 9.17) is 10.1 Å². The van der Waals surface area contributed by atoms with Gasteiger partial charge in [-0.3, -0.25) is 0 Å². The predicted octanol–water partition coefficient (Wildman–Crippen LogP) is 6.81. The van der Waals surface area contributed by atoms with Gasteiger partial charge in [0.1, 0.15) is 0 Å². The van der Waals surface area contributed by atoms with Gasteiger partial charge in [0, 0.05) is 39.2 Å². The molecule has 0 aliphatic heterocycles. The summed E-state index contributed by atoms with van der Waals surface area (Å²) in [5.74, 6) is 0. The molecule has 0 fully saturated rings. The van der Waals surface area contributed by atoms with Gasteiger partial charge in [0.05, 0.1) is 17.1 Å². The standard InChI is InChI=1S/C26H18N4S/c1-3-9-18(10-4-1)23-15-25(21-16-27-22-14-8-7-13-20(21)22)30(29-23)26-28-24(17-31-26)19-11-5-2-6-12-19/h1-17,27H. The minimum Gasteiger partial charge on any atom is -0.360 e. The average molecular weight is 419 g/mol. The highest BCUT2D eigenvalue weighted by molar-refractivity contribution is 7.12. The molecule has 4 nitrogen and oxygen atoms in total. The van der Waals surface area contributed by atoms with Crippen molar-refractivity contribution in [1.82, 2.24) is 19.7 Å². The van der Waals surface area contributed by atoms with Gasteiger partial charge in [0.2, 0.25) is 5.13 Å². The molecule has 3 aromatic heterocycles. The zero-order valence-corrected chi connectivity index (χ0v) is 17.4. The molecule has 0 unspecified atom stereocenters. The van der Waals surface area contributed by atoms with E-state index < -0.39 is 0 Å². The van der Waals surface area contributed by atoms with Gasteiger partial charge >= 0.3 is 0 Å². The van der Waals surface area contributed by atoms with Crippen LogP contribution in [0.3, 0.4) is 0 Å². The molecule has 0 aliphatic rings. The van der Waals surface area contributed by atoms with E-state index in [2.05, 4.69) is 65.1 Å². The summed E-state index contributed by atoms with van der Waals surface area (Å²) in [7, 11) is 0. The van der Waals surface area contributed by atoms with Crippen LogP contribution in [0.4, 0.5) is 0 Å². The summed E-state index contributed by atoms with van der Waals surface area (Å²) in [5, 5.41) is 9.08. The molecule has 6 aromatic rings. The lowest BCUT2D eigenvalue weighted by Crippen LogP contribution is -1.98. The molecule has 0 amide bonds. The lowest BCUT2D eigenvalue weighted by atomic mass is 10.1. The maximum Gasteiger partial charge on any atom is 0.211 e. The van der Waals surface area contributed by atoms with Crippen molar-refractivity contribution in [2.24, 2.45) is 0 Å². The van der Waals surface area contributed by atoms with Gasteiger partial charge in [-0.2, -0.15) is 5.10 Å². The highest BCUT2D eigenvalue weighted by Gasteiger charge is 2.18. The molecule has 0 bridgehead atoms. The Balaban J connectivity index is 1.54. The minimum absolute atomic E-state index is 0.848. The van der Waals surface area contributed by atoms with E-state index in [-0.39, 0.29) is 0 Å². The number of para-hydroxylation sites is 1. The first-order valence-corrected chi connectivity index (χ1v) is 11.0. The van der Waals surface area contributed by atoms with Crippen LogP contribution in [-0.2, 0) is 0 Å². The Morgan fingerprint density at radius 3 is 2.19 bits per heavy atom. The van der Waals surface area contributed by atoms with Crippen molar-refractivity contribution in [3.8, 4) is 38.9 Å². The molecule has 31 heavy (non-hydrogen) atoms. The molecular weight excluding hydrogens is 400 g/mol. The van der Waals surface area contributed by atoms with Crippen molar-refractivity contribution in [3.05, 3.63) is 103 Å². The topological polar surface area (TPSA) is 46.5 Å². The normalized spacial score (nSPS) is 11.2. The van der Waals surface area contributed by atoms with E-state index >= 15 is 0 Å². The fraction of sp³-hybridized carbons (Fsp3) is 0. The van der Waals surface area contributed by atoms with Crippen molar-refractivity contribution < 1.29 is 0 Å². The Bertz CT molecular complexity index is 1480. The molecule has 1 N–H and O–H groups in total. The number of rotatable bonds is 4. The molecule has 0 saturated heterocycles. The van der Waals surface area contributed by atoms with Crippen molar-refractivity contribution in [3.63, 3.8) is 0 Å². The quantitative estimate of drug-likeness (QED) is 0.342. The highest BCUT2D eigenvalue weighted by Crippen LogP contribution is 2.34. The van der Waals surface area contributed by atoms with Crippen LogP contribution in [0.1, 0.15) is 0 Å². The van der Waals surface area contributed by atoms with E-state index in [1.807, 2.05) is 47.1 Å². The Morgan fingerprint density at radius 1 is 0.742 bits per heavy atom. The lowest BCUT2D eigenvalue weighted by Gasteiger charge is -2.03. The van der Waals surface area contributed by atoms with E-state index in [0.29, 0.717) is 0 Å². The third-order valence-corrected chi connectivity index (χ3v) is 6.20. The maximum atomic E-state index is 4.97. The van der Waals surface area contributed by atoms with Gasteiger partial charge < -0.3 is 4.98 Å². The molecule has 5 heteroatoms. The van der Waals surface area contributed by atoms with Crippen molar-refractivity contribution in [2.45, 2.75) is 0 Å². The number of thiazole rings is 1. The number of benzene rings is 3. The fourth-order valence-corrected chi connectivity index (χ4v) is 4.65. The Labute approximate surface area is 183 Å². The van der Waals surface area contributed by atoms with Gasteiger partial charge in [-0.15, -0.1) is 11.3 Å². The molecule has 0 atom stereocenters. The van der Waals surface area contributed by atoms with Crippen LogP contribution < -0.4 is 0 Å². The molecule has 6 rings (SSSR count). The van der Waals surface area contributed by atoms with Crippen LogP contribution in [0.25, 0.3) is 49.8 Å². The fourth-order valence-electron chi connectivity index (χ4n) is 3.86. The molecular formula is C26H18N4S. The second-order valence-corrected chi connectivity index (χ2v) is 8.16. The van der Waals surface area contributed by atoms with Crippen LogP contribution >= 0.6 is 11.3 Å². The van der Waals surface area contributed by atoms with Crippen LogP contribution in [0.15, 0.2) is 103 Å². The number of hydrogen-bond donors (Lipinski definition) is 1. The number of nitrogens with one attached hydrogen (secondary N) is 1.